The van der Waals surface area contributed by atoms with Gasteiger partial charge in [-0.05, 0) is 82.1 Å². The topological polar surface area (TPSA) is 26.0 Å². The zero-order chi connectivity index (χ0) is 26.3. The van der Waals surface area contributed by atoms with E-state index in [1.165, 1.54) is 27.8 Å². The summed E-state index contributed by atoms with van der Waals surface area (Å²) >= 11 is 0. The molecule has 0 fully saturated rings. The molecule has 0 atom stereocenters. The minimum Gasteiger partial charge on any atom is -0.456 e. The van der Waals surface area contributed by atoms with Gasteiger partial charge in [0.25, 0.3) is 0 Å². The second kappa shape index (κ2) is 9.46. The summed E-state index contributed by atoms with van der Waals surface area (Å²) in [4.78, 5) is 4.66. The molecule has 0 radical (unpaired) electrons. The van der Waals surface area contributed by atoms with E-state index in [0.717, 1.165) is 39.1 Å². The summed E-state index contributed by atoms with van der Waals surface area (Å²) in [5, 5.41) is 1.09. The summed E-state index contributed by atoms with van der Waals surface area (Å²) in [7, 11) is 0. The molecule has 2 heterocycles. The van der Waals surface area contributed by atoms with Crippen LogP contribution in [0.5, 0.6) is 0 Å². The van der Waals surface area contributed by atoms with Crippen LogP contribution in [0.1, 0.15) is 31.9 Å². The lowest BCUT2D eigenvalue weighted by molar-refractivity contribution is 0.590. The van der Waals surface area contributed by atoms with Gasteiger partial charge in [-0.25, -0.2) is 0 Å². The summed E-state index contributed by atoms with van der Waals surface area (Å²) in [6.45, 7) is 8.86. The Balaban J connectivity index is 1.50. The number of nitrogens with zero attached hydrogens (tertiary/aromatic N) is 1. The summed E-state index contributed by atoms with van der Waals surface area (Å²) in [6.07, 6.45) is 1.88. The molecule has 0 saturated carbocycles. The normalized spacial score (nSPS) is 11.7. The number of fused-ring (bicyclic) bond motifs is 1. The molecule has 0 amide bonds. The molecule has 186 valence electrons. The Bertz CT molecular complexity index is 1740. The van der Waals surface area contributed by atoms with Crippen LogP contribution in [-0.4, -0.2) is 4.98 Å². The lowest BCUT2D eigenvalue weighted by Crippen LogP contribution is -2.10. The number of hydrogen-bond acceptors (Lipinski definition) is 2. The van der Waals surface area contributed by atoms with Gasteiger partial charge in [0, 0.05) is 22.7 Å². The molecular formula is C36H31NO. The Morgan fingerprint density at radius 2 is 1.34 bits per heavy atom. The van der Waals surface area contributed by atoms with Crippen LogP contribution in [0.2, 0.25) is 0 Å². The SMILES string of the molecule is Cc1ccnc(-c2ccc(-c3ccc(C(C)(C)C)cc3)c(-c3ccc4oc(-c5ccccc5)cc4c3)c2)c1. The first-order chi connectivity index (χ1) is 18.3. The van der Waals surface area contributed by atoms with Gasteiger partial charge < -0.3 is 4.42 Å². The summed E-state index contributed by atoms with van der Waals surface area (Å²) in [5.74, 6) is 0.883. The monoisotopic (exact) mass is 493 g/mol. The van der Waals surface area contributed by atoms with Gasteiger partial charge in [-0.3, -0.25) is 4.98 Å². The van der Waals surface area contributed by atoms with Crippen molar-refractivity contribution in [2.24, 2.45) is 0 Å². The quantitative estimate of drug-likeness (QED) is 0.244. The third kappa shape index (κ3) is 4.66. The fraction of sp³-hybridized carbons (Fsp3) is 0.139. The molecule has 0 saturated heterocycles. The molecule has 0 aliphatic rings. The summed E-state index contributed by atoms with van der Waals surface area (Å²) in [5.41, 5.74) is 11.4. The molecule has 4 aromatic carbocycles. The highest BCUT2D eigenvalue weighted by molar-refractivity contribution is 5.92. The predicted octanol–water partition coefficient (Wildman–Crippen LogP) is 10.1. The van der Waals surface area contributed by atoms with Crippen LogP contribution in [0.25, 0.3) is 55.8 Å². The first-order valence-electron chi connectivity index (χ1n) is 13.1. The smallest absolute Gasteiger partial charge is 0.135 e. The van der Waals surface area contributed by atoms with Crippen LogP contribution < -0.4 is 0 Å². The average Bonchev–Trinajstić information content (AvgIpc) is 3.36. The zero-order valence-electron chi connectivity index (χ0n) is 22.3. The summed E-state index contributed by atoms with van der Waals surface area (Å²) in [6, 6.07) is 38.7. The maximum absolute atomic E-state index is 6.20. The number of furan rings is 1. The van der Waals surface area contributed by atoms with Crippen molar-refractivity contribution < 1.29 is 4.42 Å². The van der Waals surface area contributed by atoms with Crippen molar-refractivity contribution in [2.45, 2.75) is 33.1 Å². The number of benzene rings is 4. The van der Waals surface area contributed by atoms with Gasteiger partial charge in [-0.15, -0.1) is 0 Å². The first kappa shape index (κ1) is 23.9. The number of pyridine rings is 1. The fourth-order valence-corrected chi connectivity index (χ4v) is 4.99. The van der Waals surface area contributed by atoms with E-state index in [-0.39, 0.29) is 5.41 Å². The third-order valence-corrected chi connectivity index (χ3v) is 7.18. The van der Waals surface area contributed by atoms with Crippen LogP contribution >= 0.6 is 0 Å². The number of aromatic nitrogens is 1. The van der Waals surface area contributed by atoms with E-state index in [9.17, 15) is 0 Å². The van der Waals surface area contributed by atoms with Gasteiger partial charge in [0.15, 0.2) is 0 Å². The van der Waals surface area contributed by atoms with E-state index >= 15 is 0 Å². The molecule has 38 heavy (non-hydrogen) atoms. The van der Waals surface area contributed by atoms with Crippen molar-refractivity contribution in [1.82, 2.24) is 4.98 Å². The molecule has 2 aromatic heterocycles. The second-order valence-corrected chi connectivity index (χ2v) is 11.0. The standard InChI is InChI=1S/C36H31NO/c1-24-18-19-37-33(20-24)28-12-16-31(25-10-14-30(15-11-25)36(2,3)4)32(22-28)27-13-17-34-29(21-27)23-35(38-34)26-8-6-5-7-9-26/h5-23H,1-4H3. The number of hydrogen-bond donors (Lipinski definition) is 0. The van der Waals surface area contributed by atoms with Gasteiger partial charge in [-0.1, -0.05) is 93.6 Å². The van der Waals surface area contributed by atoms with E-state index in [1.54, 1.807) is 0 Å². The van der Waals surface area contributed by atoms with Gasteiger partial charge in [0.05, 0.1) is 5.69 Å². The van der Waals surface area contributed by atoms with Gasteiger partial charge in [0.1, 0.15) is 11.3 Å². The van der Waals surface area contributed by atoms with E-state index in [1.807, 2.05) is 30.5 Å². The largest absolute Gasteiger partial charge is 0.456 e. The fourth-order valence-electron chi connectivity index (χ4n) is 4.99. The highest BCUT2D eigenvalue weighted by atomic mass is 16.3. The first-order valence-corrected chi connectivity index (χ1v) is 13.1. The van der Waals surface area contributed by atoms with E-state index < -0.39 is 0 Å². The minimum absolute atomic E-state index is 0.116. The third-order valence-electron chi connectivity index (χ3n) is 7.18. The van der Waals surface area contributed by atoms with Crippen molar-refractivity contribution >= 4 is 11.0 Å². The van der Waals surface area contributed by atoms with Gasteiger partial charge >= 0.3 is 0 Å². The molecule has 0 bridgehead atoms. The highest BCUT2D eigenvalue weighted by Gasteiger charge is 2.16. The van der Waals surface area contributed by atoms with Gasteiger partial charge in [0.2, 0.25) is 0 Å². The number of rotatable bonds is 4. The highest BCUT2D eigenvalue weighted by Crippen LogP contribution is 2.38. The van der Waals surface area contributed by atoms with Crippen LogP contribution in [0.15, 0.2) is 120 Å². The van der Waals surface area contributed by atoms with Crippen LogP contribution in [0.3, 0.4) is 0 Å². The Kier molecular flexibility index (Phi) is 5.96. The van der Waals surface area contributed by atoms with Crippen molar-refractivity contribution in [3.8, 4) is 44.8 Å². The maximum atomic E-state index is 6.20. The molecule has 0 unspecified atom stereocenters. The van der Waals surface area contributed by atoms with Crippen molar-refractivity contribution in [3.05, 3.63) is 127 Å². The average molecular weight is 494 g/mol. The Morgan fingerprint density at radius 3 is 2.08 bits per heavy atom. The molecule has 6 aromatic rings. The molecule has 0 N–H and O–H groups in total. The van der Waals surface area contributed by atoms with E-state index in [4.69, 9.17) is 4.42 Å². The summed E-state index contributed by atoms with van der Waals surface area (Å²) < 4.78 is 6.20. The van der Waals surface area contributed by atoms with Crippen LogP contribution in [0, 0.1) is 6.92 Å². The predicted molar refractivity (Wildman–Crippen MR) is 159 cm³/mol. The van der Waals surface area contributed by atoms with Gasteiger partial charge in [-0.2, -0.15) is 0 Å². The molecular weight excluding hydrogens is 462 g/mol. The van der Waals surface area contributed by atoms with Crippen molar-refractivity contribution in [1.29, 1.82) is 0 Å². The molecule has 6 rings (SSSR count). The van der Waals surface area contributed by atoms with Crippen molar-refractivity contribution in [2.75, 3.05) is 0 Å². The Labute approximate surface area is 224 Å². The van der Waals surface area contributed by atoms with Crippen LogP contribution in [-0.2, 0) is 5.41 Å². The molecule has 0 aliphatic heterocycles. The lowest BCUT2D eigenvalue weighted by atomic mass is 9.85. The maximum Gasteiger partial charge on any atom is 0.135 e. The molecule has 2 nitrogen and oxygen atoms in total. The molecule has 2 heteroatoms. The van der Waals surface area contributed by atoms with E-state index in [2.05, 4.69) is 118 Å². The molecule has 0 aliphatic carbocycles. The number of aryl methyl sites for hydroxylation is 1. The molecule has 0 spiro atoms. The zero-order valence-corrected chi connectivity index (χ0v) is 22.3. The minimum atomic E-state index is 0.116. The van der Waals surface area contributed by atoms with Crippen LogP contribution in [0.4, 0.5) is 0 Å². The van der Waals surface area contributed by atoms with E-state index in [0.29, 0.717) is 0 Å². The lowest BCUT2D eigenvalue weighted by Gasteiger charge is -2.20. The second-order valence-electron chi connectivity index (χ2n) is 11.0. The Hall–Kier alpha value is -4.43. The van der Waals surface area contributed by atoms with Crippen molar-refractivity contribution in [3.63, 3.8) is 0 Å². The Morgan fingerprint density at radius 1 is 0.605 bits per heavy atom.